The normalized spacial score (nSPS) is 18.8. The van der Waals surface area contributed by atoms with Crippen molar-refractivity contribution >= 4 is 23.4 Å². The van der Waals surface area contributed by atoms with Crippen molar-refractivity contribution in [2.45, 2.75) is 37.3 Å². The molecule has 0 saturated heterocycles. The zero-order valence-electron chi connectivity index (χ0n) is 11.1. The number of anilines is 1. The monoisotopic (exact) mass is 261 g/mol. The molecule has 2 nitrogen and oxygen atoms in total. The molecule has 0 spiro atoms. The van der Waals surface area contributed by atoms with Gasteiger partial charge in [-0.05, 0) is 32.4 Å². The first kappa shape index (κ1) is 13.2. The van der Waals surface area contributed by atoms with Gasteiger partial charge in [0.2, 0.25) is 0 Å². The Hall–Kier alpha value is -1.22. The minimum atomic E-state index is 0.0946. The van der Waals surface area contributed by atoms with Crippen LogP contribution in [0.4, 0.5) is 5.69 Å². The van der Waals surface area contributed by atoms with Gasteiger partial charge < -0.3 is 4.90 Å². The Bertz CT molecular complexity index is 477. The van der Waals surface area contributed by atoms with Gasteiger partial charge >= 0.3 is 0 Å². The summed E-state index contributed by atoms with van der Waals surface area (Å²) in [5, 5.41) is 0.552. The van der Waals surface area contributed by atoms with Crippen LogP contribution in [-0.4, -0.2) is 17.7 Å². The SMILES string of the molecule is CC(C)=CC(=O)N1CCC(C)Sc2ccccc21. The molecule has 1 aromatic carbocycles. The molecule has 1 atom stereocenters. The van der Waals surface area contributed by atoms with E-state index in [2.05, 4.69) is 13.0 Å². The third-order valence-electron chi connectivity index (χ3n) is 2.92. The molecule has 0 N–H and O–H groups in total. The largest absolute Gasteiger partial charge is 0.308 e. The number of amides is 1. The Kier molecular flexibility index (Phi) is 4.12. The molecule has 0 bridgehead atoms. The van der Waals surface area contributed by atoms with Crippen molar-refractivity contribution in [1.29, 1.82) is 0 Å². The van der Waals surface area contributed by atoms with Crippen LogP contribution < -0.4 is 4.90 Å². The molecule has 18 heavy (non-hydrogen) atoms. The predicted molar refractivity (Wildman–Crippen MR) is 78.2 cm³/mol. The van der Waals surface area contributed by atoms with E-state index >= 15 is 0 Å². The lowest BCUT2D eigenvalue weighted by molar-refractivity contribution is -0.114. The molecule has 2 rings (SSSR count). The predicted octanol–water partition coefficient (Wildman–Crippen LogP) is 3.87. The molecule has 1 heterocycles. The molecule has 96 valence electrons. The Morgan fingerprint density at radius 3 is 2.83 bits per heavy atom. The third-order valence-corrected chi connectivity index (χ3v) is 4.16. The number of hydrogen-bond acceptors (Lipinski definition) is 2. The Labute approximate surface area is 113 Å². The maximum atomic E-state index is 12.3. The fourth-order valence-corrected chi connectivity index (χ4v) is 3.15. The molecule has 0 saturated carbocycles. The summed E-state index contributed by atoms with van der Waals surface area (Å²) in [4.78, 5) is 15.4. The Morgan fingerprint density at radius 1 is 1.39 bits per heavy atom. The van der Waals surface area contributed by atoms with Gasteiger partial charge in [0.05, 0.1) is 5.69 Å². The zero-order chi connectivity index (χ0) is 13.1. The van der Waals surface area contributed by atoms with Crippen molar-refractivity contribution in [3.05, 3.63) is 35.9 Å². The van der Waals surface area contributed by atoms with E-state index in [9.17, 15) is 4.79 Å². The van der Waals surface area contributed by atoms with Gasteiger partial charge in [0.1, 0.15) is 0 Å². The van der Waals surface area contributed by atoms with Crippen LogP contribution in [0.3, 0.4) is 0 Å². The van der Waals surface area contributed by atoms with Gasteiger partial charge in [-0.3, -0.25) is 4.79 Å². The summed E-state index contributed by atoms with van der Waals surface area (Å²) < 4.78 is 0. The van der Waals surface area contributed by atoms with Crippen LogP contribution in [0.2, 0.25) is 0 Å². The standard InChI is InChI=1S/C15H19NOS/c1-11(2)10-15(17)16-9-8-12(3)18-14-7-5-4-6-13(14)16/h4-7,10,12H,8-9H2,1-3H3. The first-order valence-corrected chi connectivity index (χ1v) is 7.18. The Balaban J connectivity index is 2.37. The summed E-state index contributed by atoms with van der Waals surface area (Å²) in [6.07, 6.45) is 2.75. The number of nitrogens with zero attached hydrogens (tertiary/aromatic N) is 1. The van der Waals surface area contributed by atoms with Crippen LogP contribution in [0.5, 0.6) is 0 Å². The van der Waals surface area contributed by atoms with Crippen LogP contribution in [0, 0.1) is 0 Å². The summed E-state index contributed by atoms with van der Waals surface area (Å²) in [7, 11) is 0. The van der Waals surface area contributed by atoms with E-state index in [0.717, 1.165) is 24.2 Å². The van der Waals surface area contributed by atoms with Crippen molar-refractivity contribution in [2.24, 2.45) is 0 Å². The van der Waals surface area contributed by atoms with E-state index in [-0.39, 0.29) is 5.91 Å². The molecule has 1 aliphatic rings. The topological polar surface area (TPSA) is 20.3 Å². The van der Waals surface area contributed by atoms with Crippen LogP contribution in [0.25, 0.3) is 0 Å². The molecule has 0 radical (unpaired) electrons. The highest BCUT2D eigenvalue weighted by atomic mass is 32.2. The van der Waals surface area contributed by atoms with E-state index in [1.165, 1.54) is 4.90 Å². The lowest BCUT2D eigenvalue weighted by Gasteiger charge is -2.21. The van der Waals surface area contributed by atoms with Crippen molar-refractivity contribution in [3.8, 4) is 0 Å². The van der Waals surface area contributed by atoms with E-state index < -0.39 is 0 Å². The van der Waals surface area contributed by atoms with Gasteiger partial charge in [0.25, 0.3) is 5.91 Å². The summed E-state index contributed by atoms with van der Waals surface area (Å²) in [5.41, 5.74) is 2.09. The van der Waals surface area contributed by atoms with Crippen molar-refractivity contribution in [3.63, 3.8) is 0 Å². The first-order chi connectivity index (χ1) is 8.58. The minimum absolute atomic E-state index is 0.0946. The van der Waals surface area contributed by atoms with E-state index in [4.69, 9.17) is 0 Å². The number of benzene rings is 1. The molecule has 0 fully saturated rings. The fraction of sp³-hybridized carbons (Fsp3) is 0.400. The van der Waals surface area contributed by atoms with Gasteiger partial charge in [-0.25, -0.2) is 0 Å². The lowest BCUT2D eigenvalue weighted by atomic mass is 10.2. The highest BCUT2D eigenvalue weighted by Crippen LogP contribution is 2.37. The quantitative estimate of drug-likeness (QED) is 0.715. The summed E-state index contributed by atoms with van der Waals surface area (Å²) >= 11 is 1.86. The van der Waals surface area contributed by atoms with Crippen molar-refractivity contribution in [2.75, 3.05) is 11.4 Å². The zero-order valence-corrected chi connectivity index (χ0v) is 12.0. The van der Waals surface area contributed by atoms with Gasteiger partial charge in [0, 0.05) is 22.8 Å². The van der Waals surface area contributed by atoms with Crippen molar-refractivity contribution < 1.29 is 4.79 Å². The number of carbonyl (C=O) groups is 1. The average Bonchev–Trinajstić information content (AvgIpc) is 2.46. The Morgan fingerprint density at radius 2 is 2.11 bits per heavy atom. The second-order valence-corrected chi connectivity index (χ2v) is 6.38. The fourth-order valence-electron chi connectivity index (χ4n) is 2.04. The summed E-state index contributed by atoms with van der Waals surface area (Å²) in [6, 6.07) is 8.17. The van der Waals surface area contributed by atoms with Crippen molar-refractivity contribution in [1.82, 2.24) is 0 Å². The van der Waals surface area contributed by atoms with E-state index in [1.807, 2.05) is 48.7 Å². The first-order valence-electron chi connectivity index (χ1n) is 6.30. The smallest absolute Gasteiger partial charge is 0.250 e. The number of thioether (sulfide) groups is 1. The number of allylic oxidation sites excluding steroid dienone is 1. The van der Waals surface area contributed by atoms with Gasteiger partial charge in [-0.1, -0.05) is 24.6 Å². The van der Waals surface area contributed by atoms with Gasteiger partial charge in [-0.15, -0.1) is 11.8 Å². The number of carbonyl (C=O) groups excluding carboxylic acids is 1. The van der Waals surface area contributed by atoms with Crippen LogP contribution in [-0.2, 0) is 4.79 Å². The highest BCUT2D eigenvalue weighted by Gasteiger charge is 2.22. The van der Waals surface area contributed by atoms with Crippen LogP contribution in [0.1, 0.15) is 27.2 Å². The molecular formula is C15H19NOS. The van der Waals surface area contributed by atoms with Crippen LogP contribution in [0.15, 0.2) is 40.8 Å². The molecule has 0 aromatic heterocycles. The maximum absolute atomic E-state index is 12.3. The molecule has 1 amide bonds. The number of hydrogen-bond donors (Lipinski definition) is 0. The molecule has 1 aliphatic heterocycles. The van der Waals surface area contributed by atoms with Gasteiger partial charge in [-0.2, -0.15) is 0 Å². The summed E-state index contributed by atoms with van der Waals surface area (Å²) in [5.74, 6) is 0.0946. The summed E-state index contributed by atoms with van der Waals surface area (Å²) in [6.45, 7) is 6.93. The van der Waals surface area contributed by atoms with Gasteiger partial charge in [0.15, 0.2) is 0 Å². The second-order valence-electron chi connectivity index (χ2n) is 4.90. The average molecular weight is 261 g/mol. The molecular weight excluding hydrogens is 242 g/mol. The second kappa shape index (κ2) is 5.61. The molecule has 1 aromatic rings. The maximum Gasteiger partial charge on any atom is 0.250 e. The highest BCUT2D eigenvalue weighted by molar-refractivity contribution is 8.00. The van der Waals surface area contributed by atoms with E-state index in [1.54, 1.807) is 6.08 Å². The minimum Gasteiger partial charge on any atom is -0.308 e. The molecule has 3 heteroatoms. The lowest BCUT2D eigenvalue weighted by Crippen LogP contribution is -2.30. The number of para-hydroxylation sites is 1. The molecule has 0 aliphatic carbocycles. The van der Waals surface area contributed by atoms with Crippen LogP contribution >= 0.6 is 11.8 Å². The van der Waals surface area contributed by atoms with E-state index in [0.29, 0.717) is 5.25 Å². The number of rotatable bonds is 1. The molecule has 1 unspecified atom stereocenters. The third kappa shape index (κ3) is 2.96. The number of fused-ring (bicyclic) bond motifs is 1.